The molecule has 0 saturated carbocycles. The second kappa shape index (κ2) is 16.7. The molecule has 1 saturated heterocycles. The second-order valence-electron chi connectivity index (χ2n) is 13.2. The molecule has 4 rings (SSSR count). The molecule has 2 heterocycles. The van der Waals surface area contributed by atoms with Crippen molar-refractivity contribution in [2.24, 2.45) is 17.0 Å². The number of aliphatic hydroxyl groups excluding tert-OH is 1. The molecular weight excluding hydrogens is 665 g/mol. The smallest absolute Gasteiger partial charge is 0.321 e. The van der Waals surface area contributed by atoms with Crippen molar-refractivity contribution in [3.05, 3.63) is 81.3 Å². The first kappa shape index (κ1) is 38.0. The van der Waals surface area contributed by atoms with Gasteiger partial charge in [0.05, 0.1) is 40.5 Å². The van der Waals surface area contributed by atoms with Crippen LogP contribution in [0, 0.1) is 25.7 Å². The lowest BCUT2D eigenvalue weighted by Crippen LogP contribution is -2.57. The van der Waals surface area contributed by atoms with Gasteiger partial charge in [-0.1, -0.05) is 75.3 Å². The molecule has 12 nitrogen and oxygen atoms in total. The fraction of sp³-hybridized carbons (Fsp3) is 0.486. The molecule has 2 aromatic carbocycles. The molecule has 1 aliphatic rings. The molecule has 3 aromatic rings. The van der Waals surface area contributed by atoms with Crippen LogP contribution >= 0.6 is 11.3 Å². The number of benzene rings is 2. The van der Waals surface area contributed by atoms with Crippen molar-refractivity contribution in [3.8, 4) is 0 Å². The highest BCUT2D eigenvalue weighted by molar-refractivity contribution is 7.89. The molecule has 3 atom stereocenters. The van der Waals surface area contributed by atoms with Gasteiger partial charge in [-0.25, -0.2) is 18.2 Å². The van der Waals surface area contributed by atoms with Crippen molar-refractivity contribution >= 4 is 39.5 Å². The van der Waals surface area contributed by atoms with Crippen LogP contribution in [0.25, 0.3) is 0 Å². The number of aliphatic hydroxyl groups is 1. The number of aromatic nitrogens is 1. The molecule has 3 N–H and O–H groups in total. The lowest BCUT2D eigenvalue weighted by Gasteiger charge is -2.34. The highest BCUT2D eigenvalue weighted by Gasteiger charge is 2.41. The van der Waals surface area contributed by atoms with Crippen LogP contribution in [-0.2, 0) is 27.8 Å². The van der Waals surface area contributed by atoms with Crippen LogP contribution in [-0.4, -0.2) is 100 Å². The van der Waals surface area contributed by atoms with Gasteiger partial charge in [0.15, 0.2) is 0 Å². The summed E-state index contributed by atoms with van der Waals surface area (Å²) in [6.45, 7) is 12.5. The number of carbonyl (C=O) groups excluding carboxylic acids is 2. The van der Waals surface area contributed by atoms with Gasteiger partial charge in [0.25, 0.3) is 0 Å². The highest BCUT2D eigenvalue weighted by atomic mass is 32.2. The maximum atomic E-state index is 14.1. The maximum Gasteiger partial charge on any atom is 0.321 e. The maximum absolute atomic E-state index is 14.1. The van der Waals surface area contributed by atoms with Crippen LogP contribution in [0.15, 0.2) is 64.6 Å². The minimum absolute atomic E-state index is 0.0269. The molecule has 0 aliphatic carbocycles. The number of hydrogen-bond donors (Lipinski definition) is 3. The van der Waals surface area contributed by atoms with Crippen LogP contribution in [0.5, 0.6) is 0 Å². The minimum atomic E-state index is -4.05. The second-order valence-corrected chi connectivity index (χ2v) is 16.6. The first-order valence-corrected chi connectivity index (χ1v) is 18.7. The summed E-state index contributed by atoms with van der Waals surface area (Å²) in [7, 11) is -4.05. The Balaban J connectivity index is 1.57. The van der Waals surface area contributed by atoms with Crippen molar-refractivity contribution in [3.63, 3.8) is 0 Å². The van der Waals surface area contributed by atoms with E-state index in [1.54, 1.807) is 21.1 Å². The van der Waals surface area contributed by atoms with E-state index in [4.69, 9.17) is 5.21 Å². The molecule has 1 fully saturated rings. The average Bonchev–Trinajstić information content (AvgIpc) is 3.56. The van der Waals surface area contributed by atoms with E-state index in [0.29, 0.717) is 25.2 Å². The lowest BCUT2D eigenvalue weighted by molar-refractivity contribution is -0.128. The Morgan fingerprint density at radius 1 is 1.06 bits per heavy atom. The standard InChI is InChI=1S/C35H48N6O6S2/c1-23(2)20-40(49(46,47)29-14-12-28(13-15-29)19-36-45)22-32(42)30(18-27-10-8-7-9-11-27)38-34(43)33(24(3)4)41-17-16-39(35(41)44)21-31-25(5)48-26(6)37-31/h7-15,19,23-24,30,32-33,42,45H,16-18,20-22H2,1-6H3,(H,38,43)/b36-19+/t30-,32?,33+/m0/s1. The predicted molar refractivity (Wildman–Crippen MR) is 190 cm³/mol. The molecule has 3 amide bonds. The van der Waals surface area contributed by atoms with Crippen LogP contribution in [0.4, 0.5) is 4.79 Å². The number of sulfonamides is 1. The Morgan fingerprint density at radius 3 is 2.31 bits per heavy atom. The predicted octanol–water partition coefficient (Wildman–Crippen LogP) is 4.27. The number of amides is 3. The fourth-order valence-corrected chi connectivity index (χ4v) is 8.53. The molecular formula is C35H48N6O6S2. The zero-order valence-corrected chi connectivity index (χ0v) is 30.6. The van der Waals surface area contributed by atoms with Crippen LogP contribution < -0.4 is 5.32 Å². The SMILES string of the molecule is Cc1nc(CN2CCN([C@@H](C(=O)N[C@@H](Cc3ccccc3)C(O)CN(CC(C)C)S(=O)(=O)c3ccc(/C=N/O)cc3)C(C)C)C2=O)c(C)s1. The van der Waals surface area contributed by atoms with Crippen molar-refractivity contribution in [2.45, 2.75) is 77.6 Å². The van der Waals surface area contributed by atoms with Gasteiger partial charge in [0.1, 0.15) is 6.04 Å². The average molecular weight is 713 g/mol. The van der Waals surface area contributed by atoms with E-state index in [0.717, 1.165) is 21.1 Å². The minimum Gasteiger partial charge on any atom is -0.411 e. The van der Waals surface area contributed by atoms with Gasteiger partial charge in [-0.2, -0.15) is 4.31 Å². The Hall–Kier alpha value is -3.85. The lowest BCUT2D eigenvalue weighted by atomic mass is 9.97. The quantitative estimate of drug-likeness (QED) is 0.114. The normalized spacial score (nSPS) is 15.9. The largest absolute Gasteiger partial charge is 0.411 e. The summed E-state index contributed by atoms with van der Waals surface area (Å²) in [5.74, 6) is -0.708. The first-order valence-electron chi connectivity index (χ1n) is 16.5. The third-order valence-electron chi connectivity index (χ3n) is 8.48. The molecule has 1 unspecified atom stereocenters. The molecule has 0 bridgehead atoms. The van der Waals surface area contributed by atoms with E-state index in [1.165, 1.54) is 34.8 Å². The molecule has 49 heavy (non-hydrogen) atoms. The summed E-state index contributed by atoms with van der Waals surface area (Å²) in [5, 5.41) is 27.5. The number of hydrogen-bond acceptors (Lipinski definition) is 9. The number of rotatable bonds is 16. The molecule has 0 radical (unpaired) electrons. The Kier molecular flexibility index (Phi) is 12.9. The summed E-state index contributed by atoms with van der Waals surface area (Å²) in [4.78, 5) is 36.7. The van der Waals surface area contributed by atoms with Crippen molar-refractivity contribution < 1.29 is 28.3 Å². The number of thiazole rings is 1. The van der Waals surface area contributed by atoms with E-state index in [-0.39, 0.29) is 42.3 Å². The summed E-state index contributed by atoms with van der Waals surface area (Å²) < 4.78 is 29.0. The van der Waals surface area contributed by atoms with E-state index in [2.05, 4.69) is 15.5 Å². The van der Waals surface area contributed by atoms with Crippen LogP contribution in [0.3, 0.4) is 0 Å². The third kappa shape index (κ3) is 9.65. The van der Waals surface area contributed by atoms with E-state index in [9.17, 15) is 23.1 Å². The van der Waals surface area contributed by atoms with Gasteiger partial charge in [-0.3, -0.25) is 4.79 Å². The Labute approximate surface area is 293 Å². The number of aryl methyl sites for hydroxylation is 2. The Morgan fingerprint density at radius 2 is 1.73 bits per heavy atom. The summed E-state index contributed by atoms with van der Waals surface area (Å²) in [6.07, 6.45) is 0.155. The van der Waals surface area contributed by atoms with Gasteiger partial charge >= 0.3 is 6.03 Å². The number of nitrogens with zero attached hydrogens (tertiary/aromatic N) is 5. The molecule has 14 heteroatoms. The molecule has 1 aromatic heterocycles. The topological polar surface area (TPSA) is 156 Å². The first-order chi connectivity index (χ1) is 23.2. The number of carbonyl (C=O) groups is 2. The van der Waals surface area contributed by atoms with E-state index >= 15 is 0 Å². The van der Waals surface area contributed by atoms with Gasteiger partial charge in [-0.05, 0) is 55.4 Å². The summed E-state index contributed by atoms with van der Waals surface area (Å²) in [5.41, 5.74) is 2.23. The summed E-state index contributed by atoms with van der Waals surface area (Å²) >= 11 is 1.59. The zero-order chi connectivity index (χ0) is 35.9. The van der Waals surface area contributed by atoms with Crippen LogP contribution in [0.2, 0.25) is 0 Å². The van der Waals surface area contributed by atoms with Crippen molar-refractivity contribution in [1.82, 2.24) is 24.4 Å². The zero-order valence-electron chi connectivity index (χ0n) is 29.0. The van der Waals surface area contributed by atoms with Crippen molar-refractivity contribution in [1.29, 1.82) is 0 Å². The van der Waals surface area contributed by atoms with E-state index < -0.39 is 34.1 Å². The molecule has 266 valence electrons. The summed E-state index contributed by atoms with van der Waals surface area (Å²) in [6, 6.07) is 13.4. The van der Waals surface area contributed by atoms with Crippen LogP contribution in [0.1, 0.15) is 54.4 Å². The van der Waals surface area contributed by atoms with Gasteiger partial charge in [-0.15, -0.1) is 11.3 Å². The third-order valence-corrected chi connectivity index (χ3v) is 11.3. The number of urea groups is 1. The number of nitrogens with one attached hydrogen (secondary N) is 1. The number of oxime groups is 1. The van der Waals surface area contributed by atoms with E-state index in [1.807, 2.05) is 71.9 Å². The van der Waals surface area contributed by atoms with Gasteiger partial charge in [0, 0.05) is 31.1 Å². The fourth-order valence-electron chi connectivity index (χ4n) is 6.08. The monoisotopic (exact) mass is 712 g/mol. The van der Waals surface area contributed by atoms with Gasteiger partial charge < -0.3 is 25.4 Å². The molecule has 1 aliphatic heterocycles. The van der Waals surface area contributed by atoms with Crippen molar-refractivity contribution in [2.75, 3.05) is 26.2 Å². The van der Waals surface area contributed by atoms with Gasteiger partial charge in [0.2, 0.25) is 15.9 Å². The highest BCUT2D eigenvalue weighted by Crippen LogP contribution is 2.24. The Bertz CT molecular complexity index is 1690. The molecule has 0 spiro atoms.